The van der Waals surface area contributed by atoms with Gasteiger partial charge in [-0.25, -0.2) is 0 Å². The number of aromatic nitrogens is 2. The van der Waals surface area contributed by atoms with E-state index in [0.717, 1.165) is 16.8 Å². The highest BCUT2D eigenvalue weighted by Crippen LogP contribution is 2.19. The van der Waals surface area contributed by atoms with Crippen molar-refractivity contribution in [2.45, 2.75) is 33.8 Å². The van der Waals surface area contributed by atoms with E-state index in [-0.39, 0.29) is 5.91 Å². The first-order valence-corrected chi connectivity index (χ1v) is 9.97. The highest BCUT2D eigenvalue weighted by atomic mass is 16.5. The van der Waals surface area contributed by atoms with Crippen LogP contribution in [0.25, 0.3) is 11.3 Å². The molecule has 0 fully saturated rings. The van der Waals surface area contributed by atoms with Gasteiger partial charge in [0.1, 0.15) is 12.4 Å². The minimum atomic E-state index is -0.597. The van der Waals surface area contributed by atoms with E-state index in [1.54, 1.807) is 13.0 Å². The van der Waals surface area contributed by atoms with Crippen LogP contribution in [0.3, 0.4) is 0 Å². The molecule has 0 aliphatic heterocycles. The van der Waals surface area contributed by atoms with Gasteiger partial charge in [-0.15, -0.1) is 10.2 Å². The van der Waals surface area contributed by atoms with Gasteiger partial charge in [0.05, 0.1) is 12.2 Å². The number of hydrogen-bond acceptors (Lipinski definition) is 5. The van der Waals surface area contributed by atoms with Gasteiger partial charge in [0.25, 0.3) is 5.91 Å². The summed E-state index contributed by atoms with van der Waals surface area (Å²) in [6.45, 7) is 8.46. The summed E-state index contributed by atoms with van der Waals surface area (Å²) >= 11 is 0. The summed E-state index contributed by atoms with van der Waals surface area (Å²) in [5.41, 5.74) is 5.30. The van der Waals surface area contributed by atoms with Crippen molar-refractivity contribution in [1.82, 2.24) is 15.5 Å². The Morgan fingerprint density at radius 1 is 0.967 bits per heavy atom. The van der Waals surface area contributed by atoms with Crippen LogP contribution >= 0.6 is 0 Å². The number of amides is 1. The Balaban J connectivity index is 1.42. The number of nitrogens with zero attached hydrogens (tertiary/aromatic N) is 2. The summed E-state index contributed by atoms with van der Waals surface area (Å²) in [5.74, 6) is 0.901. The summed E-state index contributed by atoms with van der Waals surface area (Å²) in [6, 6.07) is 17.5. The second-order valence-corrected chi connectivity index (χ2v) is 7.27. The standard InChI is InChI=1S/C24H27N3O3/c1-16-5-8-20(9-6-16)22-11-12-23(27-26-22)29-14-13-25-24(28)19(4)30-21-10-7-17(2)18(3)15-21/h5-12,15,19H,13-14H2,1-4H3,(H,25,28). The minimum absolute atomic E-state index is 0.197. The lowest BCUT2D eigenvalue weighted by molar-refractivity contribution is -0.127. The molecule has 0 aliphatic rings. The van der Waals surface area contributed by atoms with Gasteiger partial charge in [-0.2, -0.15) is 0 Å². The molecule has 1 amide bonds. The molecule has 0 bridgehead atoms. The number of carbonyl (C=O) groups is 1. The highest BCUT2D eigenvalue weighted by Gasteiger charge is 2.14. The molecule has 6 nitrogen and oxygen atoms in total. The van der Waals surface area contributed by atoms with Crippen LogP contribution < -0.4 is 14.8 Å². The number of carbonyl (C=O) groups excluding carboxylic acids is 1. The molecule has 0 saturated heterocycles. The lowest BCUT2D eigenvalue weighted by Crippen LogP contribution is -2.38. The zero-order chi connectivity index (χ0) is 21.5. The van der Waals surface area contributed by atoms with Crippen LogP contribution in [-0.4, -0.2) is 35.4 Å². The van der Waals surface area contributed by atoms with Crippen LogP contribution in [0.4, 0.5) is 0 Å². The van der Waals surface area contributed by atoms with E-state index >= 15 is 0 Å². The van der Waals surface area contributed by atoms with Crippen LogP contribution in [0.5, 0.6) is 11.6 Å². The molecule has 6 heteroatoms. The molecule has 3 aromatic rings. The lowest BCUT2D eigenvalue weighted by atomic mass is 10.1. The molecule has 1 unspecified atom stereocenters. The summed E-state index contributed by atoms with van der Waals surface area (Å²) in [6.07, 6.45) is -0.597. The van der Waals surface area contributed by atoms with E-state index in [1.165, 1.54) is 11.1 Å². The second-order valence-electron chi connectivity index (χ2n) is 7.27. The Morgan fingerprint density at radius 2 is 1.73 bits per heavy atom. The molecular weight excluding hydrogens is 378 g/mol. The third-order valence-electron chi connectivity index (χ3n) is 4.80. The van der Waals surface area contributed by atoms with E-state index in [2.05, 4.69) is 15.5 Å². The Hall–Kier alpha value is -3.41. The fraction of sp³-hybridized carbons (Fsp3) is 0.292. The zero-order valence-corrected chi connectivity index (χ0v) is 17.8. The minimum Gasteiger partial charge on any atom is -0.481 e. The van der Waals surface area contributed by atoms with E-state index in [0.29, 0.717) is 24.8 Å². The Morgan fingerprint density at radius 3 is 2.40 bits per heavy atom. The normalized spacial score (nSPS) is 11.6. The third kappa shape index (κ3) is 5.80. The maximum atomic E-state index is 12.2. The van der Waals surface area contributed by atoms with Gasteiger partial charge in [-0.1, -0.05) is 35.9 Å². The number of rotatable bonds is 8. The summed E-state index contributed by atoms with van der Waals surface area (Å²) in [5, 5.41) is 11.1. The molecular formula is C24H27N3O3. The molecule has 1 heterocycles. The van der Waals surface area contributed by atoms with Crippen molar-refractivity contribution < 1.29 is 14.3 Å². The SMILES string of the molecule is Cc1ccc(-c2ccc(OCCNC(=O)C(C)Oc3ccc(C)c(C)c3)nn2)cc1. The van der Waals surface area contributed by atoms with Crippen molar-refractivity contribution >= 4 is 5.91 Å². The molecule has 1 aromatic heterocycles. The molecule has 0 aliphatic carbocycles. The average Bonchev–Trinajstić information content (AvgIpc) is 2.74. The number of ether oxygens (including phenoxy) is 2. The largest absolute Gasteiger partial charge is 0.481 e. The van der Waals surface area contributed by atoms with Crippen molar-refractivity contribution in [1.29, 1.82) is 0 Å². The Bertz CT molecular complexity index is 986. The summed E-state index contributed by atoms with van der Waals surface area (Å²) in [7, 11) is 0. The van der Waals surface area contributed by atoms with Crippen LogP contribution in [0.1, 0.15) is 23.6 Å². The molecule has 1 atom stereocenters. The maximum Gasteiger partial charge on any atom is 0.260 e. The Labute approximate surface area is 177 Å². The molecule has 1 N–H and O–H groups in total. The van der Waals surface area contributed by atoms with Gasteiger partial charge in [-0.05, 0) is 57.0 Å². The molecule has 3 rings (SSSR count). The van der Waals surface area contributed by atoms with E-state index < -0.39 is 6.10 Å². The monoisotopic (exact) mass is 405 g/mol. The lowest BCUT2D eigenvalue weighted by Gasteiger charge is -2.15. The topological polar surface area (TPSA) is 73.3 Å². The highest BCUT2D eigenvalue weighted by molar-refractivity contribution is 5.80. The fourth-order valence-corrected chi connectivity index (χ4v) is 2.79. The summed E-state index contributed by atoms with van der Waals surface area (Å²) < 4.78 is 11.3. The number of benzene rings is 2. The number of hydrogen-bond donors (Lipinski definition) is 1. The Kier molecular flexibility index (Phi) is 7.01. The van der Waals surface area contributed by atoms with Crippen molar-refractivity contribution in [3.8, 4) is 22.9 Å². The van der Waals surface area contributed by atoms with Crippen LogP contribution in [0.2, 0.25) is 0 Å². The molecule has 30 heavy (non-hydrogen) atoms. The molecule has 0 saturated carbocycles. The van der Waals surface area contributed by atoms with Crippen LogP contribution in [-0.2, 0) is 4.79 Å². The van der Waals surface area contributed by atoms with Gasteiger partial charge in [0.15, 0.2) is 6.10 Å². The van der Waals surface area contributed by atoms with E-state index in [9.17, 15) is 4.79 Å². The molecule has 0 spiro atoms. The quantitative estimate of drug-likeness (QED) is 0.573. The number of nitrogens with one attached hydrogen (secondary N) is 1. The van der Waals surface area contributed by atoms with Gasteiger partial charge >= 0.3 is 0 Å². The van der Waals surface area contributed by atoms with Crippen molar-refractivity contribution in [3.63, 3.8) is 0 Å². The molecule has 0 radical (unpaired) electrons. The van der Waals surface area contributed by atoms with Crippen molar-refractivity contribution in [2.24, 2.45) is 0 Å². The van der Waals surface area contributed by atoms with Crippen molar-refractivity contribution in [3.05, 3.63) is 71.3 Å². The average molecular weight is 405 g/mol. The first-order valence-electron chi connectivity index (χ1n) is 9.97. The second kappa shape index (κ2) is 9.87. The van der Waals surface area contributed by atoms with Gasteiger partial charge < -0.3 is 14.8 Å². The van der Waals surface area contributed by atoms with Gasteiger partial charge in [0, 0.05) is 11.6 Å². The third-order valence-corrected chi connectivity index (χ3v) is 4.80. The summed E-state index contributed by atoms with van der Waals surface area (Å²) in [4.78, 5) is 12.2. The molecule has 156 valence electrons. The first-order chi connectivity index (χ1) is 14.4. The predicted molar refractivity (Wildman–Crippen MR) is 117 cm³/mol. The zero-order valence-electron chi connectivity index (χ0n) is 17.8. The van der Waals surface area contributed by atoms with Crippen LogP contribution in [0.15, 0.2) is 54.6 Å². The number of aryl methyl sites for hydroxylation is 3. The predicted octanol–water partition coefficient (Wildman–Crippen LogP) is 4.03. The van der Waals surface area contributed by atoms with Gasteiger partial charge in [0.2, 0.25) is 5.88 Å². The van der Waals surface area contributed by atoms with Crippen LogP contribution in [0, 0.1) is 20.8 Å². The smallest absolute Gasteiger partial charge is 0.260 e. The van der Waals surface area contributed by atoms with E-state index in [4.69, 9.17) is 9.47 Å². The fourth-order valence-electron chi connectivity index (χ4n) is 2.79. The maximum absolute atomic E-state index is 12.2. The molecule has 2 aromatic carbocycles. The first kappa shape index (κ1) is 21.3. The van der Waals surface area contributed by atoms with Crippen molar-refractivity contribution in [2.75, 3.05) is 13.2 Å². The van der Waals surface area contributed by atoms with E-state index in [1.807, 2.05) is 69.3 Å². The van der Waals surface area contributed by atoms with Gasteiger partial charge in [-0.3, -0.25) is 4.79 Å².